The molecule has 0 bridgehead atoms. The Morgan fingerprint density at radius 1 is 1.43 bits per heavy atom. The summed E-state index contributed by atoms with van der Waals surface area (Å²) in [5, 5.41) is 7.54. The topological polar surface area (TPSA) is 29.9 Å². The molecule has 0 saturated heterocycles. The average Bonchev–Trinajstić information content (AvgIpc) is 2.62. The van der Waals surface area contributed by atoms with Crippen LogP contribution in [0.5, 0.6) is 0 Å². The molecule has 0 spiro atoms. The summed E-state index contributed by atoms with van der Waals surface area (Å²) in [6.07, 6.45) is 5.26. The van der Waals surface area contributed by atoms with Gasteiger partial charge in [-0.05, 0) is 26.3 Å². The maximum absolute atomic E-state index is 4.33. The number of hydrogen-bond donors (Lipinski definition) is 1. The van der Waals surface area contributed by atoms with Crippen molar-refractivity contribution in [2.75, 3.05) is 7.05 Å². The number of aryl methyl sites for hydroxylation is 1. The fourth-order valence-corrected chi connectivity index (χ4v) is 1.28. The van der Waals surface area contributed by atoms with Crippen LogP contribution >= 0.6 is 0 Å². The first kappa shape index (κ1) is 11.2. The summed E-state index contributed by atoms with van der Waals surface area (Å²) >= 11 is 0. The van der Waals surface area contributed by atoms with Crippen LogP contribution in [-0.2, 0) is 6.54 Å². The highest BCUT2D eigenvalue weighted by molar-refractivity contribution is 5.08. The number of nitrogens with one attached hydrogen (secondary N) is 1. The van der Waals surface area contributed by atoms with Gasteiger partial charge in [-0.1, -0.05) is 13.8 Å². The van der Waals surface area contributed by atoms with E-state index in [0.29, 0.717) is 6.04 Å². The van der Waals surface area contributed by atoms with Gasteiger partial charge in [-0.15, -0.1) is 0 Å². The highest BCUT2D eigenvalue weighted by Gasteiger charge is 2.05. The average molecular weight is 195 g/mol. The van der Waals surface area contributed by atoms with Crippen molar-refractivity contribution in [1.82, 2.24) is 15.1 Å². The molecule has 14 heavy (non-hydrogen) atoms. The molecule has 1 heterocycles. The van der Waals surface area contributed by atoms with Crippen LogP contribution in [-0.4, -0.2) is 16.8 Å². The maximum atomic E-state index is 4.33. The van der Waals surface area contributed by atoms with Crippen LogP contribution in [0.1, 0.15) is 38.8 Å². The minimum atomic E-state index is 0.391. The molecule has 3 heteroatoms. The first-order valence-electron chi connectivity index (χ1n) is 5.33. The molecule has 1 aromatic rings. The first-order valence-corrected chi connectivity index (χ1v) is 5.33. The summed E-state index contributed by atoms with van der Waals surface area (Å²) in [7, 11) is 1.97. The van der Waals surface area contributed by atoms with E-state index in [2.05, 4.69) is 37.4 Å². The van der Waals surface area contributed by atoms with Gasteiger partial charge >= 0.3 is 0 Å². The number of aromatic nitrogens is 2. The van der Waals surface area contributed by atoms with E-state index in [0.717, 1.165) is 12.5 Å². The van der Waals surface area contributed by atoms with Gasteiger partial charge in [0.1, 0.15) is 0 Å². The molecule has 0 aliphatic carbocycles. The lowest BCUT2D eigenvalue weighted by Crippen LogP contribution is -2.11. The van der Waals surface area contributed by atoms with Gasteiger partial charge in [0.15, 0.2) is 0 Å². The van der Waals surface area contributed by atoms with E-state index < -0.39 is 0 Å². The van der Waals surface area contributed by atoms with Crippen molar-refractivity contribution < 1.29 is 0 Å². The fourth-order valence-electron chi connectivity index (χ4n) is 1.28. The molecule has 3 nitrogen and oxygen atoms in total. The Kier molecular flexibility index (Phi) is 4.14. The van der Waals surface area contributed by atoms with Crippen LogP contribution in [0.3, 0.4) is 0 Å². The summed E-state index contributed by atoms with van der Waals surface area (Å²) in [4.78, 5) is 0. The Hall–Kier alpha value is -0.830. The van der Waals surface area contributed by atoms with Gasteiger partial charge in [-0.3, -0.25) is 4.68 Å². The normalized spacial score (nSPS) is 13.5. The molecule has 0 aliphatic rings. The zero-order valence-electron chi connectivity index (χ0n) is 9.62. The predicted molar refractivity (Wildman–Crippen MR) is 59.2 cm³/mol. The lowest BCUT2D eigenvalue weighted by atomic mass is 10.1. The summed E-state index contributed by atoms with van der Waals surface area (Å²) in [5.41, 5.74) is 1.26. The SMILES string of the molecule is CNC(C)c1cnn(CCC(C)C)c1. The van der Waals surface area contributed by atoms with Crippen LogP contribution < -0.4 is 5.32 Å². The second-order valence-electron chi connectivity index (χ2n) is 4.23. The van der Waals surface area contributed by atoms with E-state index in [1.165, 1.54) is 12.0 Å². The minimum absolute atomic E-state index is 0.391. The van der Waals surface area contributed by atoms with Crippen LogP contribution in [0, 0.1) is 5.92 Å². The molecule has 0 radical (unpaired) electrons. The van der Waals surface area contributed by atoms with E-state index in [9.17, 15) is 0 Å². The Balaban J connectivity index is 2.50. The van der Waals surface area contributed by atoms with Gasteiger partial charge in [0.05, 0.1) is 6.20 Å². The minimum Gasteiger partial charge on any atom is -0.313 e. The van der Waals surface area contributed by atoms with Gasteiger partial charge in [-0.25, -0.2) is 0 Å². The summed E-state index contributed by atoms with van der Waals surface area (Å²) < 4.78 is 2.03. The Morgan fingerprint density at radius 2 is 2.14 bits per heavy atom. The van der Waals surface area contributed by atoms with Crippen LogP contribution in [0.25, 0.3) is 0 Å². The van der Waals surface area contributed by atoms with Crippen LogP contribution in [0.4, 0.5) is 0 Å². The van der Waals surface area contributed by atoms with Gasteiger partial charge < -0.3 is 5.32 Å². The van der Waals surface area contributed by atoms with Crippen LogP contribution in [0.2, 0.25) is 0 Å². The number of rotatable bonds is 5. The molecule has 0 aromatic carbocycles. The molecular formula is C11H21N3. The molecular weight excluding hydrogens is 174 g/mol. The third kappa shape index (κ3) is 3.14. The lowest BCUT2D eigenvalue weighted by Gasteiger charge is -2.06. The molecule has 1 N–H and O–H groups in total. The van der Waals surface area contributed by atoms with E-state index in [4.69, 9.17) is 0 Å². The quantitative estimate of drug-likeness (QED) is 0.780. The van der Waals surface area contributed by atoms with Crippen molar-refractivity contribution in [3.63, 3.8) is 0 Å². The zero-order chi connectivity index (χ0) is 10.6. The second kappa shape index (κ2) is 5.15. The summed E-state index contributed by atoms with van der Waals surface area (Å²) in [5.74, 6) is 0.740. The van der Waals surface area contributed by atoms with Gasteiger partial charge in [0.25, 0.3) is 0 Å². The third-order valence-corrected chi connectivity index (χ3v) is 2.52. The third-order valence-electron chi connectivity index (χ3n) is 2.52. The maximum Gasteiger partial charge on any atom is 0.0537 e. The highest BCUT2D eigenvalue weighted by Crippen LogP contribution is 2.10. The van der Waals surface area contributed by atoms with E-state index >= 15 is 0 Å². The molecule has 0 aliphatic heterocycles. The van der Waals surface area contributed by atoms with E-state index in [1.807, 2.05) is 17.9 Å². The van der Waals surface area contributed by atoms with Crippen molar-refractivity contribution in [2.24, 2.45) is 5.92 Å². The Labute approximate surface area is 86.5 Å². The summed E-state index contributed by atoms with van der Waals surface area (Å²) in [6, 6.07) is 0.391. The van der Waals surface area contributed by atoms with Crippen LogP contribution in [0.15, 0.2) is 12.4 Å². The highest BCUT2D eigenvalue weighted by atomic mass is 15.3. The first-order chi connectivity index (χ1) is 6.63. The predicted octanol–water partition coefficient (Wildman–Crippen LogP) is 2.21. The van der Waals surface area contributed by atoms with Crippen molar-refractivity contribution >= 4 is 0 Å². The smallest absolute Gasteiger partial charge is 0.0537 e. The van der Waals surface area contributed by atoms with Crippen molar-refractivity contribution in [3.8, 4) is 0 Å². The second-order valence-corrected chi connectivity index (χ2v) is 4.23. The Bertz CT molecular complexity index is 265. The molecule has 1 aromatic heterocycles. The molecule has 0 amide bonds. The molecule has 1 unspecified atom stereocenters. The largest absolute Gasteiger partial charge is 0.313 e. The molecule has 0 saturated carbocycles. The van der Waals surface area contributed by atoms with Crippen molar-refractivity contribution in [1.29, 1.82) is 0 Å². The molecule has 1 atom stereocenters. The molecule has 1 rings (SSSR count). The van der Waals surface area contributed by atoms with E-state index in [-0.39, 0.29) is 0 Å². The molecule has 80 valence electrons. The van der Waals surface area contributed by atoms with E-state index in [1.54, 1.807) is 0 Å². The Morgan fingerprint density at radius 3 is 2.71 bits per heavy atom. The zero-order valence-corrected chi connectivity index (χ0v) is 9.62. The number of nitrogens with zero attached hydrogens (tertiary/aromatic N) is 2. The van der Waals surface area contributed by atoms with Gasteiger partial charge in [0, 0.05) is 24.3 Å². The van der Waals surface area contributed by atoms with Crippen molar-refractivity contribution in [2.45, 2.75) is 39.8 Å². The lowest BCUT2D eigenvalue weighted by molar-refractivity contribution is 0.486. The fraction of sp³-hybridized carbons (Fsp3) is 0.727. The monoisotopic (exact) mass is 195 g/mol. The molecule has 0 fully saturated rings. The number of hydrogen-bond acceptors (Lipinski definition) is 2. The standard InChI is InChI=1S/C11H21N3/c1-9(2)5-6-14-8-11(7-13-14)10(3)12-4/h7-10,12H,5-6H2,1-4H3. The summed E-state index contributed by atoms with van der Waals surface area (Å²) in [6.45, 7) is 7.64. The van der Waals surface area contributed by atoms with Gasteiger partial charge in [0.2, 0.25) is 0 Å². The van der Waals surface area contributed by atoms with Crippen molar-refractivity contribution in [3.05, 3.63) is 18.0 Å². The van der Waals surface area contributed by atoms with Gasteiger partial charge in [-0.2, -0.15) is 5.10 Å².